The van der Waals surface area contributed by atoms with Crippen molar-refractivity contribution >= 4 is 27.3 Å². The molecule has 0 spiro atoms. The Bertz CT molecular complexity index is 1010. The van der Waals surface area contributed by atoms with E-state index in [0.717, 1.165) is 5.56 Å². The molecular formula is C19H23N3O5S. The molecule has 0 aliphatic heterocycles. The molecule has 2 rings (SSSR count). The maximum atomic E-state index is 12.8. The topological polar surface area (TPSA) is 110 Å². The Kier molecular flexibility index (Phi) is 6.52. The number of amides is 1. The Morgan fingerprint density at radius 1 is 1.14 bits per heavy atom. The van der Waals surface area contributed by atoms with Crippen molar-refractivity contribution in [3.63, 3.8) is 0 Å². The predicted molar refractivity (Wildman–Crippen MR) is 107 cm³/mol. The average molecular weight is 405 g/mol. The monoisotopic (exact) mass is 405 g/mol. The molecule has 0 bridgehead atoms. The molecule has 0 unspecified atom stereocenters. The van der Waals surface area contributed by atoms with E-state index in [2.05, 4.69) is 5.32 Å². The van der Waals surface area contributed by atoms with Crippen molar-refractivity contribution in [2.45, 2.75) is 32.6 Å². The Morgan fingerprint density at radius 2 is 1.79 bits per heavy atom. The van der Waals surface area contributed by atoms with E-state index < -0.39 is 20.9 Å². The second-order valence-corrected chi connectivity index (χ2v) is 8.20. The SMILES string of the molecule is CCN(CC)S(=O)(=O)c1cc(C)c(C)c(NC(=O)c2cccc([N+](=O)[O-])c2)c1. The third-order valence-electron chi connectivity index (χ3n) is 4.55. The zero-order valence-electron chi connectivity index (χ0n) is 16.2. The summed E-state index contributed by atoms with van der Waals surface area (Å²) in [4.78, 5) is 23.0. The van der Waals surface area contributed by atoms with Gasteiger partial charge in [-0.15, -0.1) is 0 Å². The van der Waals surface area contributed by atoms with Crippen LogP contribution < -0.4 is 5.32 Å². The van der Waals surface area contributed by atoms with E-state index >= 15 is 0 Å². The van der Waals surface area contributed by atoms with Crippen molar-refractivity contribution in [3.05, 3.63) is 63.2 Å². The van der Waals surface area contributed by atoms with Gasteiger partial charge in [-0.2, -0.15) is 4.31 Å². The molecule has 2 aromatic carbocycles. The van der Waals surface area contributed by atoms with Gasteiger partial charge in [-0.25, -0.2) is 8.42 Å². The number of carbonyl (C=O) groups excluding carboxylic acids is 1. The minimum atomic E-state index is -3.69. The van der Waals surface area contributed by atoms with Crippen LogP contribution in [0.3, 0.4) is 0 Å². The molecule has 0 saturated carbocycles. The van der Waals surface area contributed by atoms with Crippen molar-refractivity contribution in [3.8, 4) is 0 Å². The molecular weight excluding hydrogens is 382 g/mol. The first-order chi connectivity index (χ1) is 13.1. The molecule has 0 aliphatic rings. The maximum Gasteiger partial charge on any atom is 0.270 e. The molecule has 1 N–H and O–H groups in total. The van der Waals surface area contributed by atoms with Crippen molar-refractivity contribution in [2.75, 3.05) is 18.4 Å². The van der Waals surface area contributed by atoms with Crippen LogP contribution in [0, 0.1) is 24.0 Å². The summed E-state index contributed by atoms with van der Waals surface area (Å²) in [7, 11) is -3.69. The third kappa shape index (κ3) is 4.37. The molecule has 0 fully saturated rings. The van der Waals surface area contributed by atoms with Crippen LogP contribution in [0.5, 0.6) is 0 Å². The Morgan fingerprint density at radius 3 is 2.36 bits per heavy atom. The largest absolute Gasteiger partial charge is 0.322 e. The Balaban J connectivity index is 2.44. The van der Waals surface area contributed by atoms with Crippen LogP contribution >= 0.6 is 0 Å². The van der Waals surface area contributed by atoms with Crippen LogP contribution in [-0.2, 0) is 10.0 Å². The number of hydrogen-bond acceptors (Lipinski definition) is 5. The Hall–Kier alpha value is -2.78. The second-order valence-electron chi connectivity index (χ2n) is 6.26. The first-order valence-electron chi connectivity index (χ1n) is 8.79. The number of non-ortho nitro benzene ring substituents is 1. The van der Waals surface area contributed by atoms with Gasteiger partial charge in [-0.3, -0.25) is 14.9 Å². The molecule has 1 amide bonds. The van der Waals surface area contributed by atoms with E-state index in [1.54, 1.807) is 33.8 Å². The van der Waals surface area contributed by atoms with Gasteiger partial charge in [0.15, 0.2) is 0 Å². The number of aryl methyl sites for hydroxylation is 1. The highest BCUT2D eigenvalue weighted by Gasteiger charge is 2.24. The number of nitrogens with zero attached hydrogens (tertiary/aromatic N) is 2. The van der Waals surface area contributed by atoms with Gasteiger partial charge in [0.25, 0.3) is 11.6 Å². The van der Waals surface area contributed by atoms with Gasteiger partial charge in [-0.1, -0.05) is 19.9 Å². The highest BCUT2D eigenvalue weighted by molar-refractivity contribution is 7.89. The summed E-state index contributed by atoms with van der Waals surface area (Å²) in [5.41, 5.74) is 1.70. The van der Waals surface area contributed by atoms with E-state index in [1.807, 2.05) is 0 Å². The molecule has 0 atom stereocenters. The lowest BCUT2D eigenvalue weighted by atomic mass is 10.1. The molecule has 0 radical (unpaired) electrons. The maximum absolute atomic E-state index is 12.8. The smallest absolute Gasteiger partial charge is 0.270 e. The molecule has 28 heavy (non-hydrogen) atoms. The van der Waals surface area contributed by atoms with Crippen molar-refractivity contribution in [2.24, 2.45) is 0 Å². The van der Waals surface area contributed by atoms with E-state index in [1.165, 1.54) is 34.6 Å². The average Bonchev–Trinajstić information content (AvgIpc) is 2.65. The second kappa shape index (κ2) is 8.49. The summed E-state index contributed by atoms with van der Waals surface area (Å²) in [6.07, 6.45) is 0. The van der Waals surface area contributed by atoms with E-state index in [0.29, 0.717) is 24.3 Å². The fourth-order valence-electron chi connectivity index (χ4n) is 2.77. The van der Waals surface area contributed by atoms with Crippen LogP contribution in [0.1, 0.15) is 35.3 Å². The number of nitro groups is 1. The lowest BCUT2D eigenvalue weighted by Gasteiger charge is -2.20. The fourth-order valence-corrected chi connectivity index (χ4v) is 4.34. The number of nitrogens with one attached hydrogen (secondary N) is 1. The molecule has 9 heteroatoms. The zero-order chi connectivity index (χ0) is 21.1. The number of rotatable bonds is 7. The molecule has 150 valence electrons. The third-order valence-corrected chi connectivity index (χ3v) is 6.58. The van der Waals surface area contributed by atoms with Gasteiger partial charge in [-0.05, 0) is 43.2 Å². The van der Waals surface area contributed by atoms with Gasteiger partial charge in [0.2, 0.25) is 10.0 Å². The minimum absolute atomic E-state index is 0.0913. The number of sulfonamides is 1. The molecule has 0 aromatic heterocycles. The first-order valence-corrected chi connectivity index (χ1v) is 10.2. The fraction of sp³-hybridized carbons (Fsp3) is 0.316. The highest BCUT2D eigenvalue weighted by Crippen LogP contribution is 2.27. The van der Waals surface area contributed by atoms with Crippen LogP contribution in [0.15, 0.2) is 41.3 Å². The van der Waals surface area contributed by atoms with Gasteiger partial charge >= 0.3 is 0 Å². The predicted octanol–water partition coefficient (Wildman–Crippen LogP) is 3.49. The highest BCUT2D eigenvalue weighted by atomic mass is 32.2. The number of nitro benzene ring substituents is 1. The zero-order valence-corrected chi connectivity index (χ0v) is 17.0. The first kappa shape index (κ1) is 21.5. The number of carbonyl (C=O) groups is 1. The van der Waals surface area contributed by atoms with Crippen LogP contribution in [-0.4, -0.2) is 36.6 Å². The van der Waals surface area contributed by atoms with Gasteiger partial charge in [0, 0.05) is 36.5 Å². The Labute approximate surface area is 164 Å². The molecule has 0 heterocycles. The lowest BCUT2D eigenvalue weighted by molar-refractivity contribution is -0.384. The molecule has 0 saturated heterocycles. The minimum Gasteiger partial charge on any atom is -0.322 e. The van der Waals surface area contributed by atoms with E-state index in [4.69, 9.17) is 0 Å². The summed E-state index contributed by atoms with van der Waals surface area (Å²) in [5, 5.41) is 13.6. The van der Waals surface area contributed by atoms with E-state index in [9.17, 15) is 23.3 Å². The van der Waals surface area contributed by atoms with Crippen LogP contribution in [0.4, 0.5) is 11.4 Å². The van der Waals surface area contributed by atoms with Crippen molar-refractivity contribution in [1.82, 2.24) is 4.31 Å². The molecule has 2 aromatic rings. The number of hydrogen-bond donors (Lipinski definition) is 1. The number of anilines is 1. The lowest BCUT2D eigenvalue weighted by Crippen LogP contribution is -2.30. The van der Waals surface area contributed by atoms with Crippen LogP contribution in [0.25, 0.3) is 0 Å². The van der Waals surface area contributed by atoms with Crippen LogP contribution in [0.2, 0.25) is 0 Å². The van der Waals surface area contributed by atoms with Gasteiger partial charge < -0.3 is 5.32 Å². The normalized spacial score (nSPS) is 11.5. The summed E-state index contributed by atoms with van der Waals surface area (Å²) in [6.45, 7) is 7.72. The summed E-state index contributed by atoms with van der Waals surface area (Å²) < 4.78 is 27.0. The van der Waals surface area contributed by atoms with Crippen molar-refractivity contribution in [1.29, 1.82) is 0 Å². The van der Waals surface area contributed by atoms with Gasteiger partial charge in [0.05, 0.1) is 9.82 Å². The molecule has 0 aliphatic carbocycles. The summed E-state index contributed by atoms with van der Waals surface area (Å²) in [5.74, 6) is -0.552. The summed E-state index contributed by atoms with van der Waals surface area (Å²) >= 11 is 0. The standard InChI is InChI=1S/C19H23N3O5S/c1-5-21(6-2)28(26,27)17-10-13(3)14(4)18(12-17)20-19(23)15-8-7-9-16(11-15)22(24)25/h7-12H,5-6H2,1-4H3,(H,20,23). The number of benzene rings is 2. The van der Waals surface area contributed by atoms with Gasteiger partial charge in [0.1, 0.15) is 0 Å². The summed E-state index contributed by atoms with van der Waals surface area (Å²) in [6, 6.07) is 8.35. The van der Waals surface area contributed by atoms with E-state index in [-0.39, 0.29) is 16.1 Å². The van der Waals surface area contributed by atoms with Crippen molar-refractivity contribution < 1.29 is 18.1 Å². The molecule has 8 nitrogen and oxygen atoms in total. The quantitative estimate of drug-likeness (QED) is 0.560.